The van der Waals surface area contributed by atoms with Gasteiger partial charge in [-0.2, -0.15) is 0 Å². The molecule has 2 aliphatic rings. The maximum atomic E-state index is 11.4. The van der Waals surface area contributed by atoms with Crippen molar-refractivity contribution in [3.63, 3.8) is 0 Å². The Hall–Kier alpha value is -0.670. The number of rotatable bonds is 1. The van der Waals surface area contributed by atoms with Crippen LogP contribution in [0.5, 0.6) is 0 Å². The summed E-state index contributed by atoms with van der Waals surface area (Å²) in [6.07, 6.45) is 0.970. The smallest absolute Gasteiger partial charge is 0.367 e. The summed E-state index contributed by atoms with van der Waals surface area (Å²) in [5.41, 5.74) is 2.70. The molecule has 1 fully saturated rings. The van der Waals surface area contributed by atoms with Gasteiger partial charge in [-0.15, -0.1) is 11.6 Å². The average molecular weight is 269 g/mol. The van der Waals surface area contributed by atoms with Gasteiger partial charge in [0.2, 0.25) is 0 Å². The van der Waals surface area contributed by atoms with Crippen molar-refractivity contribution in [1.82, 2.24) is 0 Å². The summed E-state index contributed by atoms with van der Waals surface area (Å²) in [5, 5.41) is 0.197. The third-order valence-electron chi connectivity index (χ3n) is 3.77. The van der Waals surface area contributed by atoms with E-state index in [1.807, 2.05) is 6.07 Å². The molecule has 3 rings (SSSR count). The number of carbonyl (C=O) groups is 1. The van der Waals surface area contributed by atoms with E-state index in [0.29, 0.717) is 11.8 Å². The van der Waals surface area contributed by atoms with Crippen molar-refractivity contribution in [2.75, 3.05) is 7.11 Å². The van der Waals surface area contributed by atoms with Crippen LogP contribution in [0, 0.1) is 0 Å². The number of thioether (sulfide) groups is 1. The summed E-state index contributed by atoms with van der Waals surface area (Å²) in [7, 11) is 1.43. The van der Waals surface area contributed by atoms with Crippen LogP contribution in [0.1, 0.15) is 29.4 Å². The van der Waals surface area contributed by atoms with Gasteiger partial charge >= 0.3 is 5.30 Å². The SMILES string of the molecule is COC(=O)SC1[C@@H]2C[C@H](Cl)[C@H]1c1ccccc12. The lowest BCUT2D eigenvalue weighted by Crippen LogP contribution is -2.14. The zero-order chi connectivity index (χ0) is 12.0. The molecule has 0 saturated heterocycles. The first-order chi connectivity index (χ1) is 8.22. The Morgan fingerprint density at radius 2 is 2.12 bits per heavy atom. The molecule has 17 heavy (non-hydrogen) atoms. The summed E-state index contributed by atoms with van der Waals surface area (Å²) >= 11 is 7.69. The standard InChI is InChI=1S/C13H13ClO2S/c1-16-13(15)17-12-9-6-10(14)11(12)8-5-3-2-4-7(8)9/h2-5,9-12H,6H2,1H3/t9-,10+,11-,12?/m1/s1. The third kappa shape index (κ3) is 1.67. The van der Waals surface area contributed by atoms with E-state index in [9.17, 15) is 4.79 Å². The molecule has 1 aromatic carbocycles. The number of halogens is 1. The molecule has 2 aliphatic carbocycles. The van der Waals surface area contributed by atoms with Crippen molar-refractivity contribution in [1.29, 1.82) is 0 Å². The summed E-state index contributed by atoms with van der Waals surface area (Å²) in [4.78, 5) is 11.4. The van der Waals surface area contributed by atoms with E-state index in [1.165, 1.54) is 30.0 Å². The van der Waals surface area contributed by atoms with Gasteiger partial charge in [0.15, 0.2) is 0 Å². The highest BCUT2D eigenvalue weighted by molar-refractivity contribution is 8.13. The number of hydrogen-bond acceptors (Lipinski definition) is 3. The van der Waals surface area contributed by atoms with Gasteiger partial charge in [-0.25, -0.2) is 4.79 Å². The minimum atomic E-state index is -0.205. The fraction of sp³-hybridized carbons (Fsp3) is 0.462. The molecular formula is C13H13ClO2S. The zero-order valence-electron chi connectivity index (χ0n) is 9.43. The number of methoxy groups -OCH3 is 1. The van der Waals surface area contributed by atoms with Crippen LogP contribution in [0.25, 0.3) is 0 Å². The largest absolute Gasteiger partial charge is 0.461 e. The molecule has 1 unspecified atom stereocenters. The Labute approximate surface area is 110 Å². The van der Waals surface area contributed by atoms with Crippen molar-refractivity contribution >= 4 is 28.7 Å². The zero-order valence-corrected chi connectivity index (χ0v) is 11.0. The highest BCUT2D eigenvalue weighted by Gasteiger charge is 2.51. The predicted molar refractivity (Wildman–Crippen MR) is 70.0 cm³/mol. The molecule has 0 aliphatic heterocycles. The second-order valence-corrected chi connectivity index (χ2v) is 6.22. The Bertz CT molecular complexity index is 462. The minimum Gasteiger partial charge on any atom is -0.461 e. The predicted octanol–water partition coefficient (Wildman–Crippen LogP) is 3.75. The number of fused-ring (bicyclic) bond motifs is 5. The van der Waals surface area contributed by atoms with Crippen LogP contribution >= 0.6 is 23.4 Å². The molecule has 1 aromatic rings. The lowest BCUT2D eigenvalue weighted by atomic mass is 9.92. The van der Waals surface area contributed by atoms with Crippen molar-refractivity contribution in [3.05, 3.63) is 35.4 Å². The number of benzene rings is 1. The Kier molecular flexibility index (Phi) is 2.83. The maximum Gasteiger partial charge on any atom is 0.367 e. The highest BCUT2D eigenvalue weighted by atomic mass is 35.5. The lowest BCUT2D eigenvalue weighted by Gasteiger charge is -2.18. The van der Waals surface area contributed by atoms with Gasteiger partial charge in [-0.3, -0.25) is 0 Å². The van der Waals surface area contributed by atoms with Crippen LogP contribution in [0.4, 0.5) is 4.79 Å². The summed E-state index contributed by atoms with van der Waals surface area (Å²) in [5.74, 6) is 0.699. The van der Waals surface area contributed by atoms with Crippen molar-refractivity contribution in [2.24, 2.45) is 0 Å². The second kappa shape index (κ2) is 4.21. The van der Waals surface area contributed by atoms with Gasteiger partial charge in [0.25, 0.3) is 0 Å². The molecule has 0 radical (unpaired) electrons. The molecule has 0 heterocycles. The molecule has 0 amide bonds. The van der Waals surface area contributed by atoms with E-state index in [2.05, 4.69) is 18.2 Å². The van der Waals surface area contributed by atoms with Crippen molar-refractivity contribution in [2.45, 2.75) is 28.9 Å². The minimum absolute atomic E-state index is 0.150. The van der Waals surface area contributed by atoms with E-state index >= 15 is 0 Å². The van der Waals surface area contributed by atoms with Crippen molar-refractivity contribution < 1.29 is 9.53 Å². The van der Waals surface area contributed by atoms with Gasteiger partial charge in [0, 0.05) is 16.5 Å². The van der Waals surface area contributed by atoms with E-state index in [1.54, 1.807) is 0 Å². The van der Waals surface area contributed by atoms with Crippen LogP contribution in [0.15, 0.2) is 24.3 Å². The molecule has 0 aromatic heterocycles. The summed E-state index contributed by atoms with van der Waals surface area (Å²) < 4.78 is 4.75. The first-order valence-corrected chi connectivity index (χ1v) is 7.01. The molecule has 1 saturated carbocycles. The Balaban J connectivity index is 1.94. The fourth-order valence-electron chi connectivity index (χ4n) is 3.12. The molecule has 2 nitrogen and oxygen atoms in total. The number of hydrogen-bond donors (Lipinski definition) is 0. The van der Waals surface area contributed by atoms with Gasteiger partial charge < -0.3 is 4.74 Å². The quantitative estimate of drug-likeness (QED) is 0.573. The number of ether oxygens (including phenoxy) is 1. The second-order valence-electron chi connectivity index (χ2n) is 4.55. The maximum absolute atomic E-state index is 11.4. The van der Waals surface area contributed by atoms with Crippen LogP contribution in [-0.2, 0) is 4.74 Å². The first-order valence-electron chi connectivity index (χ1n) is 5.70. The molecule has 4 heteroatoms. The van der Waals surface area contributed by atoms with Crippen molar-refractivity contribution in [3.8, 4) is 0 Å². The lowest BCUT2D eigenvalue weighted by molar-refractivity contribution is 0.200. The van der Waals surface area contributed by atoms with Crippen LogP contribution < -0.4 is 0 Å². The Morgan fingerprint density at radius 1 is 1.41 bits per heavy atom. The Morgan fingerprint density at radius 3 is 2.82 bits per heavy atom. The summed E-state index contributed by atoms with van der Waals surface area (Å²) in [6.45, 7) is 0. The van der Waals surface area contributed by atoms with E-state index in [0.717, 1.165) is 6.42 Å². The number of alkyl halides is 1. The fourth-order valence-corrected chi connectivity index (χ4v) is 4.92. The van der Waals surface area contributed by atoms with E-state index in [-0.39, 0.29) is 15.9 Å². The first kappa shape index (κ1) is 11.4. The van der Waals surface area contributed by atoms with Gasteiger partial charge in [0.1, 0.15) is 0 Å². The molecule has 4 atom stereocenters. The molecular weight excluding hydrogens is 256 g/mol. The highest BCUT2D eigenvalue weighted by Crippen LogP contribution is 2.59. The number of carbonyl (C=O) groups excluding carboxylic acids is 1. The molecule has 90 valence electrons. The molecule has 0 N–H and O–H groups in total. The molecule has 2 bridgehead atoms. The van der Waals surface area contributed by atoms with Crippen LogP contribution in [0.2, 0.25) is 0 Å². The van der Waals surface area contributed by atoms with E-state index in [4.69, 9.17) is 16.3 Å². The monoisotopic (exact) mass is 268 g/mol. The van der Waals surface area contributed by atoms with Crippen LogP contribution in [0.3, 0.4) is 0 Å². The third-order valence-corrected chi connectivity index (χ3v) is 5.48. The topological polar surface area (TPSA) is 26.3 Å². The normalized spacial score (nSPS) is 33.5. The van der Waals surface area contributed by atoms with Gasteiger partial charge in [-0.05, 0) is 35.2 Å². The average Bonchev–Trinajstić information content (AvgIpc) is 2.81. The molecule has 0 spiro atoms. The summed E-state index contributed by atoms with van der Waals surface area (Å²) in [6, 6.07) is 8.40. The van der Waals surface area contributed by atoms with Crippen LogP contribution in [-0.4, -0.2) is 23.0 Å². The van der Waals surface area contributed by atoms with Gasteiger partial charge in [-0.1, -0.05) is 24.3 Å². The van der Waals surface area contributed by atoms with E-state index < -0.39 is 0 Å². The van der Waals surface area contributed by atoms with Gasteiger partial charge in [0.05, 0.1) is 7.11 Å².